The fraction of sp³-hybridized carbons (Fsp3) is 0.278. The SMILES string of the molecule is C[C@@H](C(=O)N[C@H](CO)c1ncc(F)cc1F)N1Cc2c(Cl)cccc2NC1=O. The van der Waals surface area contributed by atoms with Crippen molar-refractivity contribution in [1.82, 2.24) is 15.2 Å². The van der Waals surface area contributed by atoms with Gasteiger partial charge in [-0.1, -0.05) is 17.7 Å². The second kappa shape index (κ2) is 8.07. The Labute approximate surface area is 164 Å². The monoisotopic (exact) mass is 410 g/mol. The van der Waals surface area contributed by atoms with E-state index in [4.69, 9.17) is 11.6 Å². The van der Waals surface area contributed by atoms with Crippen molar-refractivity contribution in [3.05, 3.63) is 58.4 Å². The molecular weight excluding hydrogens is 394 g/mol. The van der Waals surface area contributed by atoms with Crippen LogP contribution in [0.3, 0.4) is 0 Å². The Kier molecular flexibility index (Phi) is 5.76. The zero-order valence-corrected chi connectivity index (χ0v) is 15.5. The highest BCUT2D eigenvalue weighted by Gasteiger charge is 2.32. The van der Waals surface area contributed by atoms with Gasteiger partial charge in [-0.05, 0) is 19.1 Å². The molecule has 1 aromatic heterocycles. The molecule has 3 N–H and O–H groups in total. The van der Waals surface area contributed by atoms with Crippen LogP contribution < -0.4 is 10.6 Å². The van der Waals surface area contributed by atoms with Crippen molar-refractivity contribution in [2.24, 2.45) is 0 Å². The highest BCUT2D eigenvalue weighted by Crippen LogP contribution is 2.30. The fourth-order valence-electron chi connectivity index (χ4n) is 2.89. The Balaban J connectivity index is 1.76. The van der Waals surface area contributed by atoms with Gasteiger partial charge in [0.25, 0.3) is 0 Å². The summed E-state index contributed by atoms with van der Waals surface area (Å²) in [6.07, 6.45) is 0.785. The number of hydrogen-bond donors (Lipinski definition) is 3. The number of carbonyl (C=O) groups excluding carboxylic acids is 2. The maximum Gasteiger partial charge on any atom is 0.322 e. The molecular formula is C18H17ClF2N4O3. The molecule has 1 aromatic carbocycles. The van der Waals surface area contributed by atoms with Gasteiger partial charge in [0.05, 0.1) is 25.4 Å². The minimum Gasteiger partial charge on any atom is -0.394 e. The van der Waals surface area contributed by atoms with Gasteiger partial charge in [-0.3, -0.25) is 9.78 Å². The number of benzene rings is 1. The number of nitrogens with zero attached hydrogens (tertiary/aromatic N) is 2. The maximum atomic E-state index is 13.9. The Morgan fingerprint density at radius 3 is 2.89 bits per heavy atom. The number of aromatic nitrogens is 1. The lowest BCUT2D eigenvalue weighted by atomic mass is 10.1. The van der Waals surface area contributed by atoms with Gasteiger partial charge in [0.2, 0.25) is 5.91 Å². The third-order valence-electron chi connectivity index (χ3n) is 4.46. The van der Waals surface area contributed by atoms with E-state index in [1.54, 1.807) is 18.2 Å². The summed E-state index contributed by atoms with van der Waals surface area (Å²) in [6.45, 7) is 0.927. The van der Waals surface area contributed by atoms with Gasteiger partial charge in [-0.25, -0.2) is 13.6 Å². The highest BCUT2D eigenvalue weighted by atomic mass is 35.5. The summed E-state index contributed by atoms with van der Waals surface area (Å²) in [5.41, 5.74) is 0.918. The van der Waals surface area contributed by atoms with E-state index in [2.05, 4.69) is 15.6 Å². The number of aliphatic hydroxyl groups excluding tert-OH is 1. The molecule has 7 nitrogen and oxygen atoms in total. The summed E-state index contributed by atoms with van der Waals surface area (Å²) in [7, 11) is 0. The molecule has 0 radical (unpaired) electrons. The molecule has 0 unspecified atom stereocenters. The molecule has 3 rings (SSSR count). The molecule has 3 amide bonds. The molecule has 0 aliphatic carbocycles. The maximum absolute atomic E-state index is 13.9. The average Bonchev–Trinajstić information content (AvgIpc) is 2.65. The number of rotatable bonds is 5. The lowest BCUT2D eigenvalue weighted by molar-refractivity contribution is -0.126. The Morgan fingerprint density at radius 2 is 2.21 bits per heavy atom. The van der Waals surface area contributed by atoms with Gasteiger partial charge < -0.3 is 20.6 Å². The summed E-state index contributed by atoms with van der Waals surface area (Å²) in [4.78, 5) is 29.8. The van der Waals surface area contributed by atoms with Gasteiger partial charge in [0.15, 0.2) is 0 Å². The van der Waals surface area contributed by atoms with Gasteiger partial charge in [-0.2, -0.15) is 0 Å². The second-order valence-electron chi connectivity index (χ2n) is 6.26. The molecule has 1 aliphatic rings. The van der Waals surface area contributed by atoms with Crippen LogP contribution in [0, 0.1) is 11.6 Å². The van der Waals surface area contributed by atoms with Crippen molar-refractivity contribution in [2.45, 2.75) is 25.6 Å². The van der Waals surface area contributed by atoms with Gasteiger partial charge in [0, 0.05) is 22.3 Å². The van der Waals surface area contributed by atoms with Crippen molar-refractivity contribution in [3.8, 4) is 0 Å². The first kappa shape index (κ1) is 20.0. The average molecular weight is 411 g/mol. The van der Waals surface area contributed by atoms with Crippen LogP contribution in [-0.4, -0.2) is 39.6 Å². The van der Waals surface area contributed by atoms with Crippen molar-refractivity contribution in [1.29, 1.82) is 0 Å². The smallest absolute Gasteiger partial charge is 0.322 e. The molecule has 28 heavy (non-hydrogen) atoms. The van der Waals surface area contributed by atoms with Crippen LogP contribution in [0.1, 0.15) is 24.2 Å². The summed E-state index contributed by atoms with van der Waals surface area (Å²) in [6, 6.07) is 3.03. The zero-order chi connectivity index (χ0) is 20.4. The first-order valence-electron chi connectivity index (χ1n) is 8.39. The predicted octanol–water partition coefficient (Wildman–Crippen LogP) is 2.60. The number of halogens is 3. The molecule has 0 fully saturated rings. The Hall–Kier alpha value is -2.78. The number of nitrogens with one attached hydrogen (secondary N) is 2. The first-order valence-corrected chi connectivity index (χ1v) is 8.76. The van der Waals surface area contributed by atoms with E-state index < -0.39 is 42.3 Å². The van der Waals surface area contributed by atoms with Gasteiger partial charge in [-0.15, -0.1) is 0 Å². The molecule has 148 valence electrons. The van der Waals surface area contributed by atoms with E-state index in [1.807, 2.05) is 0 Å². The van der Waals surface area contributed by atoms with Crippen molar-refractivity contribution in [2.75, 3.05) is 11.9 Å². The molecule has 2 atom stereocenters. The van der Waals surface area contributed by atoms with Gasteiger partial charge in [0.1, 0.15) is 23.4 Å². The number of aliphatic hydroxyl groups is 1. The third-order valence-corrected chi connectivity index (χ3v) is 4.82. The van der Waals surface area contributed by atoms with Crippen LogP contribution in [0.15, 0.2) is 30.5 Å². The highest BCUT2D eigenvalue weighted by molar-refractivity contribution is 6.32. The quantitative estimate of drug-likeness (QED) is 0.706. The topological polar surface area (TPSA) is 94.6 Å². The molecule has 0 saturated carbocycles. The number of pyridine rings is 1. The van der Waals surface area contributed by atoms with Crippen molar-refractivity contribution in [3.63, 3.8) is 0 Å². The van der Waals surface area contributed by atoms with Crippen LogP contribution in [0.2, 0.25) is 5.02 Å². The van der Waals surface area contributed by atoms with E-state index in [0.717, 1.165) is 6.20 Å². The number of anilines is 1. The van der Waals surface area contributed by atoms with E-state index in [-0.39, 0.29) is 12.2 Å². The molecule has 2 heterocycles. The molecule has 1 aliphatic heterocycles. The standard InChI is InChI=1S/C18H17ClF2N4O3/c1-9(25-7-11-12(19)3-2-4-14(11)24-18(25)28)17(27)23-15(8-26)16-13(21)5-10(20)6-22-16/h2-6,9,15,26H,7-8H2,1H3,(H,23,27)(H,24,28)/t9-,15+/m0/s1. The van der Waals surface area contributed by atoms with Crippen LogP contribution >= 0.6 is 11.6 Å². The summed E-state index contributed by atoms with van der Waals surface area (Å²) < 4.78 is 26.9. The third kappa shape index (κ3) is 3.90. The number of amides is 3. The number of hydrogen-bond acceptors (Lipinski definition) is 4. The largest absolute Gasteiger partial charge is 0.394 e. The minimum absolute atomic E-state index is 0.0996. The van der Waals surface area contributed by atoms with Gasteiger partial charge >= 0.3 is 6.03 Å². The van der Waals surface area contributed by atoms with E-state index in [0.29, 0.717) is 22.3 Å². The van der Waals surface area contributed by atoms with Crippen LogP contribution in [0.5, 0.6) is 0 Å². The summed E-state index contributed by atoms with van der Waals surface area (Å²) in [5.74, 6) is -2.52. The second-order valence-corrected chi connectivity index (χ2v) is 6.67. The number of urea groups is 1. The summed E-state index contributed by atoms with van der Waals surface area (Å²) >= 11 is 6.16. The normalized spacial score (nSPS) is 15.5. The molecule has 0 bridgehead atoms. The van der Waals surface area contributed by atoms with Crippen LogP contribution in [0.4, 0.5) is 19.3 Å². The van der Waals surface area contributed by atoms with Crippen molar-refractivity contribution < 1.29 is 23.5 Å². The molecule has 0 spiro atoms. The predicted molar refractivity (Wildman–Crippen MR) is 97.6 cm³/mol. The van der Waals surface area contributed by atoms with E-state index >= 15 is 0 Å². The number of carbonyl (C=O) groups is 2. The first-order chi connectivity index (χ1) is 13.3. The molecule has 10 heteroatoms. The fourth-order valence-corrected chi connectivity index (χ4v) is 3.13. The minimum atomic E-state index is -1.20. The van der Waals surface area contributed by atoms with Crippen LogP contribution in [0.25, 0.3) is 0 Å². The molecule has 0 saturated heterocycles. The van der Waals surface area contributed by atoms with Crippen LogP contribution in [-0.2, 0) is 11.3 Å². The summed E-state index contributed by atoms with van der Waals surface area (Å²) in [5, 5.41) is 15.0. The lowest BCUT2D eigenvalue weighted by Gasteiger charge is -2.34. The van der Waals surface area contributed by atoms with E-state index in [1.165, 1.54) is 11.8 Å². The Morgan fingerprint density at radius 1 is 1.46 bits per heavy atom. The zero-order valence-electron chi connectivity index (χ0n) is 14.7. The Bertz CT molecular complexity index is 928. The van der Waals surface area contributed by atoms with E-state index in [9.17, 15) is 23.5 Å². The lowest BCUT2D eigenvalue weighted by Crippen LogP contribution is -2.51. The van der Waals surface area contributed by atoms with Crippen molar-refractivity contribution >= 4 is 29.2 Å². The number of fused-ring (bicyclic) bond motifs is 1. The molecule has 2 aromatic rings.